The quantitative estimate of drug-likeness (QED) is 0.0909. The highest BCUT2D eigenvalue weighted by molar-refractivity contribution is 8.15. The van der Waals surface area contributed by atoms with Gasteiger partial charge < -0.3 is 8.85 Å². The molecule has 0 aromatic carbocycles. The Morgan fingerprint density at radius 2 is 1.26 bits per heavy atom. The van der Waals surface area contributed by atoms with Crippen molar-refractivity contribution in [2.75, 3.05) is 13.2 Å². The SMILES string of the molecule is CCCCCCCCC(=O)C(=O)SC(CCCCCCC)CC[Si](C)(OCC)OCC. The lowest BCUT2D eigenvalue weighted by molar-refractivity contribution is -0.131. The summed E-state index contributed by atoms with van der Waals surface area (Å²) in [6.45, 7) is 11.9. The smallest absolute Gasteiger partial charge is 0.334 e. The first-order valence-electron chi connectivity index (χ1n) is 12.9. The summed E-state index contributed by atoms with van der Waals surface area (Å²) in [5.74, 6) is -0.189. The molecule has 0 fully saturated rings. The Hall–Kier alpha value is -0.173. The molecular weight excluding hydrogens is 424 g/mol. The Kier molecular flexibility index (Phi) is 20.3. The third kappa shape index (κ3) is 17.0. The van der Waals surface area contributed by atoms with Gasteiger partial charge in [-0.15, -0.1) is 0 Å². The van der Waals surface area contributed by atoms with Gasteiger partial charge in [0.05, 0.1) is 0 Å². The summed E-state index contributed by atoms with van der Waals surface area (Å²) in [4.78, 5) is 25.0. The zero-order valence-corrected chi connectivity index (χ0v) is 23.0. The minimum atomic E-state index is -2.20. The summed E-state index contributed by atoms with van der Waals surface area (Å²) < 4.78 is 12.0. The van der Waals surface area contributed by atoms with E-state index in [1.807, 2.05) is 13.8 Å². The molecule has 0 spiro atoms. The number of rotatable bonds is 22. The van der Waals surface area contributed by atoms with Crippen LogP contribution in [-0.4, -0.2) is 37.9 Å². The maximum Gasteiger partial charge on any atom is 0.334 e. The van der Waals surface area contributed by atoms with Crippen molar-refractivity contribution in [1.29, 1.82) is 0 Å². The van der Waals surface area contributed by atoms with Crippen LogP contribution in [0.3, 0.4) is 0 Å². The van der Waals surface area contributed by atoms with Gasteiger partial charge in [0.1, 0.15) is 0 Å². The van der Waals surface area contributed by atoms with Gasteiger partial charge in [-0.2, -0.15) is 0 Å². The van der Waals surface area contributed by atoms with Crippen LogP contribution in [0.4, 0.5) is 0 Å². The number of ketones is 1. The van der Waals surface area contributed by atoms with Crippen LogP contribution in [0.2, 0.25) is 12.6 Å². The van der Waals surface area contributed by atoms with E-state index in [1.165, 1.54) is 63.1 Å². The Balaban J connectivity index is 4.61. The Morgan fingerprint density at radius 1 is 0.742 bits per heavy atom. The Labute approximate surface area is 198 Å². The Bertz CT molecular complexity index is 453. The molecule has 6 heteroatoms. The second-order valence-corrected chi connectivity index (χ2v) is 13.3. The average molecular weight is 475 g/mol. The van der Waals surface area contributed by atoms with Crippen LogP contribution in [0, 0.1) is 0 Å². The molecule has 0 aromatic heterocycles. The summed E-state index contributed by atoms with van der Waals surface area (Å²) >= 11 is 1.29. The molecule has 0 heterocycles. The van der Waals surface area contributed by atoms with Crippen LogP contribution in [0.15, 0.2) is 0 Å². The predicted octanol–water partition coefficient (Wildman–Crippen LogP) is 7.83. The first kappa shape index (κ1) is 30.8. The molecule has 0 aromatic rings. The molecule has 0 aliphatic heterocycles. The van der Waals surface area contributed by atoms with Gasteiger partial charge in [-0.25, -0.2) is 0 Å². The van der Waals surface area contributed by atoms with E-state index < -0.39 is 8.56 Å². The summed E-state index contributed by atoms with van der Waals surface area (Å²) in [5.41, 5.74) is 0. The van der Waals surface area contributed by atoms with Crippen LogP contribution in [0.5, 0.6) is 0 Å². The van der Waals surface area contributed by atoms with Crippen LogP contribution < -0.4 is 0 Å². The highest BCUT2D eigenvalue weighted by Gasteiger charge is 2.32. The maximum atomic E-state index is 12.6. The third-order valence-corrected chi connectivity index (χ3v) is 9.95. The molecule has 1 atom stereocenters. The lowest BCUT2D eigenvalue weighted by atomic mass is 10.1. The summed E-state index contributed by atoms with van der Waals surface area (Å²) in [6.07, 6.45) is 15.2. The van der Waals surface area contributed by atoms with E-state index in [1.54, 1.807) is 0 Å². The Morgan fingerprint density at radius 3 is 1.81 bits per heavy atom. The number of Topliss-reactive ketones (excluding diaryl/α,β-unsaturated/α-hetero) is 1. The van der Waals surface area contributed by atoms with Crippen molar-refractivity contribution in [3.8, 4) is 0 Å². The minimum absolute atomic E-state index is 0.189. The van der Waals surface area contributed by atoms with Crippen molar-refractivity contribution in [3.05, 3.63) is 0 Å². The van der Waals surface area contributed by atoms with Crippen LogP contribution in [0.1, 0.15) is 118 Å². The molecule has 4 nitrogen and oxygen atoms in total. The lowest BCUT2D eigenvalue weighted by Gasteiger charge is -2.27. The number of carbonyl (C=O) groups excluding carboxylic acids is 2. The molecule has 31 heavy (non-hydrogen) atoms. The van der Waals surface area contributed by atoms with E-state index in [-0.39, 0.29) is 16.1 Å². The highest BCUT2D eigenvalue weighted by atomic mass is 32.2. The minimum Gasteiger partial charge on any atom is -0.395 e. The monoisotopic (exact) mass is 474 g/mol. The van der Waals surface area contributed by atoms with Gasteiger partial charge in [-0.3, -0.25) is 9.59 Å². The topological polar surface area (TPSA) is 52.6 Å². The van der Waals surface area contributed by atoms with Gasteiger partial charge >= 0.3 is 8.56 Å². The predicted molar refractivity (Wildman–Crippen MR) is 137 cm³/mol. The zero-order valence-electron chi connectivity index (χ0n) is 21.1. The lowest BCUT2D eigenvalue weighted by Crippen LogP contribution is -2.39. The number of carbonyl (C=O) groups is 2. The van der Waals surface area contributed by atoms with E-state index in [2.05, 4.69) is 20.4 Å². The number of unbranched alkanes of at least 4 members (excludes halogenated alkanes) is 9. The van der Waals surface area contributed by atoms with E-state index in [4.69, 9.17) is 8.85 Å². The molecule has 0 rings (SSSR count). The van der Waals surface area contributed by atoms with Crippen molar-refractivity contribution < 1.29 is 18.4 Å². The largest absolute Gasteiger partial charge is 0.395 e. The number of hydrogen-bond donors (Lipinski definition) is 0. The van der Waals surface area contributed by atoms with Gasteiger partial charge in [-0.05, 0) is 45.7 Å². The van der Waals surface area contributed by atoms with Crippen molar-refractivity contribution >= 4 is 31.2 Å². The van der Waals surface area contributed by atoms with Gasteiger partial charge in [0.2, 0.25) is 5.78 Å². The van der Waals surface area contributed by atoms with Crippen LogP contribution in [-0.2, 0) is 18.4 Å². The second kappa shape index (κ2) is 20.4. The van der Waals surface area contributed by atoms with Crippen LogP contribution >= 0.6 is 11.8 Å². The highest BCUT2D eigenvalue weighted by Crippen LogP contribution is 2.28. The average Bonchev–Trinajstić information content (AvgIpc) is 2.74. The maximum absolute atomic E-state index is 12.6. The fraction of sp³-hybridized carbons (Fsp3) is 0.920. The molecule has 0 aliphatic rings. The van der Waals surface area contributed by atoms with E-state index in [0.29, 0.717) is 19.6 Å². The van der Waals surface area contributed by atoms with Crippen molar-refractivity contribution in [2.24, 2.45) is 0 Å². The van der Waals surface area contributed by atoms with E-state index in [0.717, 1.165) is 38.1 Å². The summed E-state index contributed by atoms with van der Waals surface area (Å²) in [6, 6.07) is 0.875. The molecule has 0 saturated carbocycles. The van der Waals surface area contributed by atoms with Crippen molar-refractivity contribution in [3.63, 3.8) is 0 Å². The number of thioether (sulfide) groups is 1. The normalized spacial score (nSPS) is 12.8. The fourth-order valence-electron chi connectivity index (χ4n) is 3.84. The molecular formula is C25H50O4SSi. The van der Waals surface area contributed by atoms with E-state index >= 15 is 0 Å². The third-order valence-electron chi connectivity index (χ3n) is 5.71. The van der Waals surface area contributed by atoms with E-state index in [9.17, 15) is 9.59 Å². The van der Waals surface area contributed by atoms with Gasteiger partial charge in [0.15, 0.2) is 0 Å². The molecule has 0 aliphatic carbocycles. The van der Waals surface area contributed by atoms with Crippen molar-refractivity contribution in [2.45, 2.75) is 135 Å². The molecule has 184 valence electrons. The second-order valence-electron chi connectivity index (χ2n) is 8.71. The van der Waals surface area contributed by atoms with Gasteiger partial charge in [-0.1, -0.05) is 89.8 Å². The summed E-state index contributed by atoms with van der Waals surface area (Å²) in [5, 5.41) is -0.0429. The van der Waals surface area contributed by atoms with Crippen LogP contribution in [0.25, 0.3) is 0 Å². The van der Waals surface area contributed by atoms with Gasteiger partial charge in [0.25, 0.3) is 5.12 Å². The first-order chi connectivity index (χ1) is 14.9. The van der Waals surface area contributed by atoms with Gasteiger partial charge in [0, 0.05) is 24.9 Å². The first-order valence-corrected chi connectivity index (χ1v) is 16.3. The molecule has 0 saturated heterocycles. The number of hydrogen-bond acceptors (Lipinski definition) is 5. The molecule has 0 radical (unpaired) electrons. The molecule has 1 unspecified atom stereocenters. The molecule has 0 amide bonds. The summed E-state index contributed by atoms with van der Waals surface area (Å²) in [7, 11) is -2.20. The molecule has 0 N–H and O–H groups in total. The molecule has 0 bridgehead atoms. The standard InChI is InChI=1S/C25H50O4SSi/c1-6-10-12-14-16-18-20-24(26)25(27)30-23(19-17-15-13-11-7-2)21-22-31(5,28-8-3)29-9-4/h23H,6-22H2,1-5H3. The fourth-order valence-corrected chi connectivity index (χ4v) is 7.57. The van der Waals surface area contributed by atoms with Crippen molar-refractivity contribution in [1.82, 2.24) is 0 Å². The zero-order chi connectivity index (χ0) is 23.4.